The van der Waals surface area contributed by atoms with Crippen LogP contribution in [0.2, 0.25) is 0 Å². The molecule has 0 spiro atoms. The van der Waals surface area contributed by atoms with Crippen LogP contribution in [0.4, 0.5) is 5.95 Å². The molecule has 2 aromatic carbocycles. The summed E-state index contributed by atoms with van der Waals surface area (Å²) in [4.78, 5) is 14.9. The van der Waals surface area contributed by atoms with Crippen LogP contribution in [0.25, 0.3) is 28.2 Å². The van der Waals surface area contributed by atoms with E-state index < -0.39 is 0 Å². The van der Waals surface area contributed by atoms with Gasteiger partial charge in [0.05, 0.1) is 18.1 Å². The molecule has 0 bridgehead atoms. The molecule has 5 aromatic rings. The Bertz CT molecular complexity index is 1290. The van der Waals surface area contributed by atoms with E-state index >= 15 is 0 Å². The largest absolute Gasteiger partial charge is 0.354 e. The van der Waals surface area contributed by atoms with E-state index in [0.29, 0.717) is 11.8 Å². The zero-order valence-electron chi connectivity index (χ0n) is 16.3. The SMILES string of the molecule is Cn1nnc(-c2ccc3c(c2)ncn3-c2ccnc(NCCc3ccccc3)n2)n1. The summed E-state index contributed by atoms with van der Waals surface area (Å²) in [6, 6.07) is 18.1. The number of tetrazole rings is 1. The normalized spacial score (nSPS) is 11.1. The van der Waals surface area contributed by atoms with Crippen molar-refractivity contribution < 1.29 is 0 Å². The van der Waals surface area contributed by atoms with Gasteiger partial charge in [0.25, 0.3) is 0 Å². The number of hydrogen-bond acceptors (Lipinski definition) is 7. The lowest BCUT2D eigenvalue weighted by Crippen LogP contribution is -2.09. The number of rotatable bonds is 6. The van der Waals surface area contributed by atoms with Gasteiger partial charge in [0.2, 0.25) is 11.8 Å². The molecule has 3 aromatic heterocycles. The molecule has 9 nitrogen and oxygen atoms in total. The Kier molecular flexibility index (Phi) is 4.60. The number of fused-ring (bicyclic) bond motifs is 1. The summed E-state index contributed by atoms with van der Waals surface area (Å²) in [7, 11) is 1.74. The van der Waals surface area contributed by atoms with E-state index in [1.165, 1.54) is 10.4 Å². The average molecular weight is 397 g/mol. The summed E-state index contributed by atoms with van der Waals surface area (Å²) in [5, 5.41) is 15.5. The number of hydrogen-bond donors (Lipinski definition) is 1. The predicted octanol–water partition coefficient (Wildman–Crippen LogP) is 2.66. The van der Waals surface area contributed by atoms with E-state index in [0.717, 1.165) is 35.4 Å². The van der Waals surface area contributed by atoms with Crippen LogP contribution < -0.4 is 5.32 Å². The van der Waals surface area contributed by atoms with Crippen molar-refractivity contribution in [3.05, 3.63) is 72.7 Å². The molecule has 0 radical (unpaired) electrons. The number of aromatic nitrogens is 8. The predicted molar refractivity (Wildman–Crippen MR) is 113 cm³/mol. The first-order valence-electron chi connectivity index (χ1n) is 9.59. The topological polar surface area (TPSA) is 99.2 Å². The fourth-order valence-corrected chi connectivity index (χ4v) is 3.27. The van der Waals surface area contributed by atoms with Gasteiger partial charge in [-0.3, -0.25) is 4.57 Å². The maximum Gasteiger partial charge on any atom is 0.224 e. The van der Waals surface area contributed by atoms with Gasteiger partial charge >= 0.3 is 0 Å². The Morgan fingerprint density at radius 1 is 1.00 bits per heavy atom. The summed E-state index contributed by atoms with van der Waals surface area (Å²) in [5.41, 5.74) is 3.91. The molecular weight excluding hydrogens is 378 g/mol. The number of nitrogens with zero attached hydrogens (tertiary/aromatic N) is 8. The molecule has 5 rings (SSSR count). The van der Waals surface area contributed by atoms with E-state index in [4.69, 9.17) is 0 Å². The van der Waals surface area contributed by atoms with Gasteiger partial charge in [-0.05, 0) is 41.5 Å². The Morgan fingerprint density at radius 2 is 1.90 bits per heavy atom. The van der Waals surface area contributed by atoms with E-state index in [2.05, 4.69) is 47.8 Å². The number of aryl methyl sites for hydroxylation is 1. The lowest BCUT2D eigenvalue weighted by atomic mass is 10.1. The standard InChI is InChI=1S/C21H19N9/c1-29-27-20(26-28-29)16-7-8-18-17(13-16)24-14-30(18)19-10-12-23-21(25-19)22-11-9-15-5-3-2-4-6-15/h2-8,10,12-14H,9,11H2,1H3,(H,22,23,25). The molecule has 9 heteroatoms. The van der Waals surface area contributed by atoms with Crippen LogP contribution in [-0.4, -0.2) is 46.3 Å². The molecule has 0 aliphatic heterocycles. The lowest BCUT2D eigenvalue weighted by Gasteiger charge is -2.08. The van der Waals surface area contributed by atoms with Gasteiger partial charge in [0.15, 0.2) is 0 Å². The number of imidazole rings is 1. The van der Waals surface area contributed by atoms with E-state index in [-0.39, 0.29) is 0 Å². The first-order valence-corrected chi connectivity index (χ1v) is 9.59. The zero-order valence-corrected chi connectivity index (χ0v) is 16.3. The Labute approximate surface area is 172 Å². The summed E-state index contributed by atoms with van der Waals surface area (Å²) in [5.74, 6) is 1.91. The van der Waals surface area contributed by atoms with Crippen LogP contribution in [0.15, 0.2) is 67.1 Å². The molecule has 0 aliphatic carbocycles. The highest BCUT2D eigenvalue weighted by Gasteiger charge is 2.11. The molecular formula is C21H19N9. The third-order valence-corrected chi connectivity index (χ3v) is 4.74. The van der Waals surface area contributed by atoms with Gasteiger partial charge in [0, 0.05) is 18.3 Å². The minimum Gasteiger partial charge on any atom is -0.354 e. The fourth-order valence-electron chi connectivity index (χ4n) is 3.27. The molecule has 0 saturated carbocycles. The summed E-state index contributed by atoms with van der Waals surface area (Å²) >= 11 is 0. The third-order valence-electron chi connectivity index (χ3n) is 4.74. The van der Waals surface area contributed by atoms with Crippen LogP contribution in [-0.2, 0) is 13.5 Å². The van der Waals surface area contributed by atoms with Crippen LogP contribution in [0.5, 0.6) is 0 Å². The van der Waals surface area contributed by atoms with Crippen molar-refractivity contribution in [3.8, 4) is 17.2 Å². The van der Waals surface area contributed by atoms with E-state index in [9.17, 15) is 0 Å². The second-order valence-electron chi connectivity index (χ2n) is 6.82. The number of anilines is 1. The minimum absolute atomic E-state index is 0.570. The second-order valence-corrected chi connectivity index (χ2v) is 6.82. The summed E-state index contributed by atoms with van der Waals surface area (Å²) in [6.45, 7) is 0.757. The maximum atomic E-state index is 4.64. The number of nitrogens with one attached hydrogen (secondary N) is 1. The van der Waals surface area contributed by atoms with Gasteiger partial charge in [-0.15, -0.1) is 10.2 Å². The van der Waals surface area contributed by atoms with Crippen LogP contribution >= 0.6 is 0 Å². The summed E-state index contributed by atoms with van der Waals surface area (Å²) < 4.78 is 1.94. The summed E-state index contributed by atoms with van der Waals surface area (Å²) in [6.07, 6.45) is 4.41. The highest BCUT2D eigenvalue weighted by Crippen LogP contribution is 2.22. The molecule has 0 unspecified atom stereocenters. The molecule has 30 heavy (non-hydrogen) atoms. The van der Waals surface area contributed by atoms with Crippen molar-refractivity contribution in [3.63, 3.8) is 0 Å². The minimum atomic E-state index is 0.570. The second kappa shape index (κ2) is 7.70. The molecule has 1 N–H and O–H groups in total. The van der Waals surface area contributed by atoms with Gasteiger partial charge in [-0.1, -0.05) is 30.3 Å². The number of benzene rings is 2. The molecule has 0 amide bonds. The van der Waals surface area contributed by atoms with Crippen molar-refractivity contribution >= 4 is 17.0 Å². The smallest absolute Gasteiger partial charge is 0.224 e. The van der Waals surface area contributed by atoms with Crippen LogP contribution in [0, 0.1) is 0 Å². The van der Waals surface area contributed by atoms with E-state index in [1.807, 2.05) is 47.0 Å². The first kappa shape index (κ1) is 17.9. The lowest BCUT2D eigenvalue weighted by molar-refractivity contribution is 0.630. The van der Waals surface area contributed by atoms with Gasteiger partial charge in [-0.25, -0.2) is 9.97 Å². The maximum absolute atomic E-state index is 4.64. The van der Waals surface area contributed by atoms with Gasteiger partial charge in [-0.2, -0.15) is 9.78 Å². The van der Waals surface area contributed by atoms with Crippen molar-refractivity contribution in [1.29, 1.82) is 0 Å². The van der Waals surface area contributed by atoms with Gasteiger partial charge in [0.1, 0.15) is 12.1 Å². The third kappa shape index (κ3) is 3.60. The average Bonchev–Trinajstić information content (AvgIpc) is 3.40. The van der Waals surface area contributed by atoms with Crippen LogP contribution in [0.1, 0.15) is 5.56 Å². The Morgan fingerprint density at radius 3 is 2.73 bits per heavy atom. The van der Waals surface area contributed by atoms with Crippen molar-refractivity contribution in [1.82, 2.24) is 39.7 Å². The van der Waals surface area contributed by atoms with Crippen molar-refractivity contribution in [2.24, 2.45) is 7.05 Å². The van der Waals surface area contributed by atoms with E-state index in [1.54, 1.807) is 19.6 Å². The quantitative estimate of drug-likeness (QED) is 0.470. The van der Waals surface area contributed by atoms with Crippen LogP contribution in [0.3, 0.4) is 0 Å². The van der Waals surface area contributed by atoms with Crippen molar-refractivity contribution in [2.45, 2.75) is 6.42 Å². The van der Waals surface area contributed by atoms with Crippen molar-refractivity contribution in [2.75, 3.05) is 11.9 Å². The highest BCUT2D eigenvalue weighted by atomic mass is 15.6. The Hall–Kier alpha value is -4.14. The Balaban J connectivity index is 1.36. The zero-order chi connectivity index (χ0) is 20.3. The fraction of sp³-hybridized carbons (Fsp3) is 0.143. The first-order chi connectivity index (χ1) is 14.8. The van der Waals surface area contributed by atoms with Gasteiger partial charge < -0.3 is 5.32 Å². The molecule has 0 aliphatic rings. The highest BCUT2D eigenvalue weighted by molar-refractivity contribution is 5.81. The molecule has 0 atom stereocenters. The molecule has 148 valence electrons. The molecule has 0 saturated heterocycles. The molecule has 3 heterocycles. The monoisotopic (exact) mass is 397 g/mol. The molecule has 0 fully saturated rings.